The van der Waals surface area contributed by atoms with Gasteiger partial charge in [0.15, 0.2) is 0 Å². The van der Waals surface area contributed by atoms with E-state index < -0.39 is 5.97 Å². The van der Waals surface area contributed by atoms with Crippen molar-refractivity contribution < 1.29 is 14.6 Å². The van der Waals surface area contributed by atoms with E-state index in [1.807, 2.05) is 12.1 Å². The number of hydrogen-bond acceptors (Lipinski definition) is 2. The summed E-state index contributed by atoms with van der Waals surface area (Å²) in [6.45, 7) is 8.78. The Morgan fingerprint density at radius 3 is 2.50 bits per heavy atom. The molecule has 18 heavy (non-hydrogen) atoms. The van der Waals surface area contributed by atoms with Gasteiger partial charge in [0.25, 0.3) is 0 Å². The van der Waals surface area contributed by atoms with Gasteiger partial charge >= 0.3 is 5.97 Å². The van der Waals surface area contributed by atoms with E-state index in [-0.39, 0.29) is 11.0 Å². The Hall–Kier alpha value is -1.51. The van der Waals surface area contributed by atoms with Crippen molar-refractivity contribution in [3.05, 3.63) is 29.3 Å². The van der Waals surface area contributed by atoms with Crippen LogP contribution in [-0.2, 0) is 6.42 Å². The van der Waals surface area contributed by atoms with E-state index in [1.165, 1.54) is 0 Å². The molecule has 0 atom stereocenters. The maximum Gasteiger partial charge on any atom is 0.339 e. The van der Waals surface area contributed by atoms with Crippen LogP contribution < -0.4 is 4.74 Å². The van der Waals surface area contributed by atoms with E-state index in [0.717, 1.165) is 18.4 Å². The van der Waals surface area contributed by atoms with Gasteiger partial charge in [0, 0.05) is 0 Å². The Bertz CT molecular complexity index is 416. The Kier molecular flexibility index (Phi) is 4.76. The van der Waals surface area contributed by atoms with E-state index in [0.29, 0.717) is 12.4 Å². The summed E-state index contributed by atoms with van der Waals surface area (Å²) in [5.41, 5.74) is 1.36. The van der Waals surface area contributed by atoms with Gasteiger partial charge in [-0.1, -0.05) is 40.2 Å². The Labute approximate surface area is 109 Å². The standard InChI is InChI=1S/C15H22O3/c1-5-6-11-7-8-12(14(16)17)13(9-11)18-10-15(2,3)4/h7-9H,5-6,10H2,1-4H3,(H,16,17). The first kappa shape index (κ1) is 14.6. The molecule has 0 bridgehead atoms. The molecule has 1 N–H and O–H groups in total. The number of carboxylic acids is 1. The third-order valence-electron chi connectivity index (χ3n) is 2.48. The molecule has 1 rings (SSSR count). The Morgan fingerprint density at radius 1 is 1.33 bits per heavy atom. The van der Waals surface area contributed by atoms with Crippen LogP contribution in [0.3, 0.4) is 0 Å². The van der Waals surface area contributed by atoms with Gasteiger partial charge in [0.05, 0.1) is 6.61 Å². The third kappa shape index (κ3) is 4.40. The molecule has 0 saturated carbocycles. The fourth-order valence-electron chi connectivity index (χ4n) is 1.60. The number of aryl methyl sites for hydroxylation is 1. The second-order valence-corrected chi connectivity index (χ2v) is 5.73. The van der Waals surface area contributed by atoms with Crippen LogP contribution in [0.5, 0.6) is 5.75 Å². The number of aromatic carboxylic acids is 1. The summed E-state index contributed by atoms with van der Waals surface area (Å²) in [6, 6.07) is 5.33. The average molecular weight is 250 g/mol. The number of ether oxygens (including phenoxy) is 1. The third-order valence-corrected chi connectivity index (χ3v) is 2.48. The quantitative estimate of drug-likeness (QED) is 0.865. The van der Waals surface area contributed by atoms with E-state index >= 15 is 0 Å². The van der Waals surface area contributed by atoms with E-state index in [1.54, 1.807) is 6.07 Å². The Balaban J connectivity index is 2.96. The minimum absolute atomic E-state index is 0.0105. The van der Waals surface area contributed by atoms with Gasteiger partial charge in [-0.15, -0.1) is 0 Å². The van der Waals surface area contributed by atoms with Crippen LogP contribution in [0.25, 0.3) is 0 Å². The molecule has 3 nitrogen and oxygen atoms in total. The lowest BCUT2D eigenvalue weighted by Gasteiger charge is -2.20. The molecule has 0 spiro atoms. The number of hydrogen-bond donors (Lipinski definition) is 1. The molecular formula is C15H22O3. The first-order chi connectivity index (χ1) is 8.33. The van der Waals surface area contributed by atoms with Crippen molar-refractivity contribution in [1.82, 2.24) is 0 Å². The first-order valence-corrected chi connectivity index (χ1v) is 6.32. The zero-order valence-corrected chi connectivity index (χ0v) is 11.6. The molecule has 3 heteroatoms. The second-order valence-electron chi connectivity index (χ2n) is 5.73. The van der Waals surface area contributed by atoms with Crippen molar-refractivity contribution >= 4 is 5.97 Å². The summed E-state index contributed by atoms with van der Waals surface area (Å²) >= 11 is 0. The molecular weight excluding hydrogens is 228 g/mol. The lowest BCUT2D eigenvalue weighted by molar-refractivity contribution is 0.0689. The molecule has 1 aromatic rings. The summed E-state index contributed by atoms with van der Waals surface area (Å²) in [4.78, 5) is 11.1. The average Bonchev–Trinajstić information content (AvgIpc) is 2.25. The van der Waals surface area contributed by atoms with Crippen molar-refractivity contribution in [3.63, 3.8) is 0 Å². The molecule has 0 aliphatic carbocycles. The second kappa shape index (κ2) is 5.89. The highest BCUT2D eigenvalue weighted by Gasteiger charge is 2.16. The summed E-state index contributed by atoms with van der Waals surface area (Å²) in [7, 11) is 0. The summed E-state index contributed by atoms with van der Waals surface area (Å²) in [5.74, 6) is -0.467. The van der Waals surface area contributed by atoms with E-state index in [9.17, 15) is 4.79 Å². The zero-order chi connectivity index (χ0) is 13.8. The monoisotopic (exact) mass is 250 g/mol. The van der Waals surface area contributed by atoms with Crippen molar-refractivity contribution in [2.45, 2.75) is 40.5 Å². The van der Waals surface area contributed by atoms with Crippen molar-refractivity contribution in [2.75, 3.05) is 6.61 Å². The first-order valence-electron chi connectivity index (χ1n) is 6.32. The van der Waals surface area contributed by atoms with Crippen LogP contribution in [0.15, 0.2) is 18.2 Å². The van der Waals surface area contributed by atoms with Gasteiger partial charge in [-0.25, -0.2) is 4.79 Å². The van der Waals surface area contributed by atoms with Crippen LogP contribution in [0, 0.1) is 5.41 Å². The zero-order valence-electron chi connectivity index (χ0n) is 11.6. The summed E-state index contributed by atoms with van der Waals surface area (Å²) in [6.07, 6.45) is 1.97. The van der Waals surface area contributed by atoms with Crippen LogP contribution in [0.1, 0.15) is 50.0 Å². The molecule has 0 saturated heterocycles. The molecule has 0 fully saturated rings. The van der Waals surface area contributed by atoms with Crippen LogP contribution in [0.4, 0.5) is 0 Å². The van der Waals surface area contributed by atoms with Gasteiger partial charge < -0.3 is 9.84 Å². The van der Waals surface area contributed by atoms with Gasteiger partial charge in [-0.05, 0) is 29.5 Å². The predicted molar refractivity (Wildman–Crippen MR) is 72.3 cm³/mol. The molecule has 0 heterocycles. The fourth-order valence-corrected chi connectivity index (χ4v) is 1.60. The maximum atomic E-state index is 11.1. The maximum absolute atomic E-state index is 11.1. The van der Waals surface area contributed by atoms with Crippen molar-refractivity contribution in [2.24, 2.45) is 5.41 Å². The highest BCUT2D eigenvalue weighted by atomic mass is 16.5. The lowest BCUT2D eigenvalue weighted by Crippen LogP contribution is -2.18. The van der Waals surface area contributed by atoms with Gasteiger partial charge in [-0.2, -0.15) is 0 Å². The highest BCUT2D eigenvalue weighted by Crippen LogP contribution is 2.24. The molecule has 100 valence electrons. The molecule has 1 aromatic carbocycles. The topological polar surface area (TPSA) is 46.5 Å². The normalized spacial score (nSPS) is 11.3. The van der Waals surface area contributed by atoms with Crippen LogP contribution in [0.2, 0.25) is 0 Å². The van der Waals surface area contributed by atoms with E-state index in [2.05, 4.69) is 27.7 Å². The molecule has 0 radical (unpaired) electrons. The minimum atomic E-state index is -0.943. The summed E-state index contributed by atoms with van der Waals surface area (Å²) in [5, 5.41) is 9.14. The fraction of sp³-hybridized carbons (Fsp3) is 0.533. The van der Waals surface area contributed by atoms with Crippen molar-refractivity contribution in [3.8, 4) is 5.75 Å². The SMILES string of the molecule is CCCc1ccc(C(=O)O)c(OCC(C)(C)C)c1. The molecule has 0 amide bonds. The number of carboxylic acid groups (broad SMARTS) is 1. The molecule has 0 aromatic heterocycles. The molecule has 0 aliphatic rings. The Morgan fingerprint density at radius 2 is 2.00 bits per heavy atom. The van der Waals surface area contributed by atoms with Gasteiger partial charge in [0.2, 0.25) is 0 Å². The summed E-state index contributed by atoms with van der Waals surface area (Å²) < 4.78 is 5.67. The van der Waals surface area contributed by atoms with Crippen LogP contribution >= 0.6 is 0 Å². The smallest absolute Gasteiger partial charge is 0.339 e. The van der Waals surface area contributed by atoms with Gasteiger partial charge in [0.1, 0.15) is 11.3 Å². The van der Waals surface area contributed by atoms with Gasteiger partial charge in [-0.3, -0.25) is 0 Å². The largest absolute Gasteiger partial charge is 0.492 e. The van der Waals surface area contributed by atoms with E-state index in [4.69, 9.17) is 9.84 Å². The molecule has 0 aliphatic heterocycles. The number of carbonyl (C=O) groups is 1. The predicted octanol–water partition coefficient (Wildman–Crippen LogP) is 3.76. The highest BCUT2D eigenvalue weighted by molar-refractivity contribution is 5.91. The lowest BCUT2D eigenvalue weighted by atomic mass is 9.98. The molecule has 0 unspecified atom stereocenters. The minimum Gasteiger partial charge on any atom is -0.492 e. The van der Waals surface area contributed by atoms with Crippen LogP contribution in [-0.4, -0.2) is 17.7 Å². The number of benzene rings is 1. The van der Waals surface area contributed by atoms with Crippen molar-refractivity contribution in [1.29, 1.82) is 0 Å². The number of rotatable bonds is 5.